The summed E-state index contributed by atoms with van der Waals surface area (Å²) in [4.78, 5) is 13.8. The first-order chi connectivity index (χ1) is 13.6. The van der Waals surface area contributed by atoms with Crippen molar-refractivity contribution in [2.24, 2.45) is 0 Å². The molecule has 2 aliphatic heterocycles. The van der Waals surface area contributed by atoms with Crippen LogP contribution in [0.25, 0.3) is 0 Å². The summed E-state index contributed by atoms with van der Waals surface area (Å²) in [5.74, 6) is 1.60. The highest BCUT2D eigenvalue weighted by Gasteiger charge is 2.22. The van der Waals surface area contributed by atoms with Crippen LogP contribution in [0.3, 0.4) is 0 Å². The van der Waals surface area contributed by atoms with Gasteiger partial charge in [-0.15, -0.1) is 0 Å². The lowest BCUT2D eigenvalue weighted by Gasteiger charge is -2.32. The Balaban J connectivity index is 1.31. The number of aromatic carboxylic acids is 1. The van der Waals surface area contributed by atoms with Crippen LogP contribution >= 0.6 is 0 Å². The normalized spacial score (nSPS) is 16.9. The standard InChI is InChI=1S/C22H25NO5/c1-26-20-13-17(3-4-18(20)22(24)25)16-7-10-23(11-8-16)9-6-15-2-5-19-21(12-15)28-14-27-19/h2-5,12-13,16H,6-11,14H2,1H3,(H,24,25). The highest BCUT2D eigenvalue weighted by atomic mass is 16.7. The number of ether oxygens (including phenoxy) is 3. The average Bonchev–Trinajstić information content (AvgIpc) is 3.20. The average molecular weight is 383 g/mol. The molecule has 0 aliphatic carbocycles. The number of nitrogens with zero attached hydrogens (tertiary/aromatic N) is 1. The molecule has 148 valence electrons. The number of hydrogen-bond acceptors (Lipinski definition) is 5. The van der Waals surface area contributed by atoms with E-state index in [0.29, 0.717) is 18.5 Å². The van der Waals surface area contributed by atoms with Crippen LogP contribution in [-0.4, -0.2) is 49.5 Å². The Labute approximate surface area is 164 Å². The van der Waals surface area contributed by atoms with Crippen LogP contribution in [0.2, 0.25) is 0 Å². The third kappa shape index (κ3) is 3.92. The van der Waals surface area contributed by atoms with Crippen LogP contribution in [0, 0.1) is 0 Å². The van der Waals surface area contributed by atoms with Gasteiger partial charge in [0.1, 0.15) is 11.3 Å². The van der Waals surface area contributed by atoms with Crippen molar-refractivity contribution in [3.8, 4) is 17.2 Å². The van der Waals surface area contributed by atoms with Gasteiger partial charge in [0.2, 0.25) is 6.79 Å². The molecule has 0 saturated carbocycles. The quantitative estimate of drug-likeness (QED) is 0.823. The van der Waals surface area contributed by atoms with Gasteiger partial charge in [-0.25, -0.2) is 4.79 Å². The smallest absolute Gasteiger partial charge is 0.339 e. The molecule has 0 unspecified atom stereocenters. The van der Waals surface area contributed by atoms with E-state index in [-0.39, 0.29) is 5.56 Å². The van der Waals surface area contributed by atoms with Gasteiger partial charge in [0.15, 0.2) is 11.5 Å². The molecule has 4 rings (SSSR count). The van der Waals surface area contributed by atoms with Gasteiger partial charge in [0, 0.05) is 6.54 Å². The Morgan fingerprint density at radius 2 is 1.93 bits per heavy atom. The summed E-state index contributed by atoms with van der Waals surface area (Å²) < 4.78 is 16.1. The van der Waals surface area contributed by atoms with Crippen molar-refractivity contribution in [3.63, 3.8) is 0 Å². The van der Waals surface area contributed by atoms with Crippen molar-refractivity contribution < 1.29 is 24.1 Å². The summed E-state index contributed by atoms with van der Waals surface area (Å²) in [6.45, 7) is 3.41. The molecule has 2 aliphatic rings. The van der Waals surface area contributed by atoms with Crippen LogP contribution < -0.4 is 14.2 Å². The second kappa shape index (κ2) is 8.10. The third-order valence-electron chi connectivity index (χ3n) is 5.67. The number of likely N-dealkylation sites (tertiary alicyclic amines) is 1. The number of benzene rings is 2. The number of carboxylic acid groups (broad SMARTS) is 1. The Morgan fingerprint density at radius 1 is 1.14 bits per heavy atom. The Kier molecular flexibility index (Phi) is 5.39. The molecule has 6 nitrogen and oxygen atoms in total. The molecule has 2 aromatic rings. The number of piperidine rings is 1. The molecule has 6 heteroatoms. The van der Waals surface area contributed by atoms with Gasteiger partial charge in [-0.1, -0.05) is 12.1 Å². The highest BCUT2D eigenvalue weighted by Crippen LogP contribution is 2.34. The first kappa shape index (κ1) is 18.6. The van der Waals surface area contributed by atoms with E-state index >= 15 is 0 Å². The van der Waals surface area contributed by atoms with E-state index in [9.17, 15) is 9.90 Å². The Morgan fingerprint density at radius 3 is 2.68 bits per heavy atom. The van der Waals surface area contributed by atoms with E-state index in [2.05, 4.69) is 17.0 Å². The van der Waals surface area contributed by atoms with E-state index in [1.54, 1.807) is 6.07 Å². The molecule has 0 radical (unpaired) electrons. The molecule has 0 spiro atoms. The van der Waals surface area contributed by atoms with Gasteiger partial charge >= 0.3 is 5.97 Å². The first-order valence-corrected chi connectivity index (χ1v) is 9.66. The maximum Gasteiger partial charge on any atom is 0.339 e. The van der Waals surface area contributed by atoms with Crippen molar-refractivity contribution >= 4 is 5.97 Å². The molecule has 2 heterocycles. The fourth-order valence-corrected chi connectivity index (χ4v) is 4.01. The summed E-state index contributed by atoms with van der Waals surface area (Å²) in [5.41, 5.74) is 2.64. The summed E-state index contributed by atoms with van der Waals surface area (Å²) in [6.07, 6.45) is 3.12. The van der Waals surface area contributed by atoms with Crippen LogP contribution in [0.15, 0.2) is 36.4 Å². The fraction of sp³-hybridized carbons (Fsp3) is 0.409. The molecular weight excluding hydrogens is 358 g/mol. The molecular formula is C22H25NO5. The number of carbonyl (C=O) groups is 1. The zero-order chi connectivity index (χ0) is 19.5. The fourth-order valence-electron chi connectivity index (χ4n) is 4.01. The Bertz CT molecular complexity index is 858. The van der Waals surface area contributed by atoms with E-state index in [4.69, 9.17) is 14.2 Å². The van der Waals surface area contributed by atoms with Crippen LogP contribution in [-0.2, 0) is 6.42 Å². The number of carboxylic acids is 1. The number of rotatable bonds is 6. The van der Waals surface area contributed by atoms with Gasteiger partial charge in [0.25, 0.3) is 0 Å². The Hall–Kier alpha value is -2.73. The van der Waals surface area contributed by atoms with Gasteiger partial charge in [-0.05, 0) is 73.7 Å². The lowest BCUT2D eigenvalue weighted by molar-refractivity contribution is 0.0693. The van der Waals surface area contributed by atoms with Crippen molar-refractivity contribution in [2.75, 3.05) is 33.5 Å². The van der Waals surface area contributed by atoms with Crippen molar-refractivity contribution in [2.45, 2.75) is 25.2 Å². The molecule has 28 heavy (non-hydrogen) atoms. The maximum atomic E-state index is 11.3. The van der Waals surface area contributed by atoms with Crippen molar-refractivity contribution in [3.05, 3.63) is 53.1 Å². The number of fused-ring (bicyclic) bond motifs is 1. The number of hydrogen-bond donors (Lipinski definition) is 1. The van der Waals surface area contributed by atoms with E-state index < -0.39 is 5.97 Å². The second-order valence-electron chi connectivity index (χ2n) is 7.32. The minimum Gasteiger partial charge on any atom is -0.496 e. The molecule has 0 aromatic heterocycles. The van der Waals surface area contributed by atoms with E-state index in [1.807, 2.05) is 18.2 Å². The van der Waals surface area contributed by atoms with Crippen LogP contribution in [0.5, 0.6) is 17.2 Å². The SMILES string of the molecule is COc1cc(C2CCN(CCc3ccc4c(c3)OCO4)CC2)ccc1C(=O)O. The minimum atomic E-state index is -0.957. The molecule has 1 fully saturated rings. The van der Waals surface area contributed by atoms with Crippen LogP contribution in [0.4, 0.5) is 0 Å². The van der Waals surface area contributed by atoms with E-state index in [1.165, 1.54) is 12.7 Å². The van der Waals surface area contributed by atoms with Gasteiger partial charge in [-0.2, -0.15) is 0 Å². The maximum absolute atomic E-state index is 11.3. The molecule has 2 aromatic carbocycles. The van der Waals surface area contributed by atoms with Gasteiger partial charge < -0.3 is 24.2 Å². The second-order valence-corrected chi connectivity index (χ2v) is 7.32. The summed E-state index contributed by atoms with van der Waals surface area (Å²) in [5, 5.41) is 9.24. The van der Waals surface area contributed by atoms with Gasteiger partial charge in [0.05, 0.1) is 7.11 Å². The highest BCUT2D eigenvalue weighted by molar-refractivity contribution is 5.91. The topological polar surface area (TPSA) is 68.2 Å². The largest absolute Gasteiger partial charge is 0.496 e. The zero-order valence-corrected chi connectivity index (χ0v) is 16.0. The van der Waals surface area contributed by atoms with Crippen molar-refractivity contribution in [1.29, 1.82) is 0 Å². The number of methoxy groups -OCH3 is 1. The lowest BCUT2D eigenvalue weighted by atomic mass is 9.88. The molecule has 0 atom stereocenters. The molecule has 0 amide bonds. The van der Waals surface area contributed by atoms with Crippen molar-refractivity contribution in [1.82, 2.24) is 4.90 Å². The molecule has 1 saturated heterocycles. The monoisotopic (exact) mass is 383 g/mol. The first-order valence-electron chi connectivity index (χ1n) is 9.66. The summed E-state index contributed by atoms with van der Waals surface area (Å²) in [6, 6.07) is 11.6. The third-order valence-corrected chi connectivity index (χ3v) is 5.67. The predicted octanol–water partition coefficient (Wildman–Crippen LogP) is 3.54. The van der Waals surface area contributed by atoms with Crippen LogP contribution in [0.1, 0.15) is 40.2 Å². The summed E-state index contributed by atoms with van der Waals surface area (Å²) >= 11 is 0. The summed E-state index contributed by atoms with van der Waals surface area (Å²) in [7, 11) is 1.52. The van der Waals surface area contributed by atoms with E-state index in [0.717, 1.165) is 56.0 Å². The predicted molar refractivity (Wildman–Crippen MR) is 105 cm³/mol. The van der Waals surface area contributed by atoms with Gasteiger partial charge in [-0.3, -0.25) is 0 Å². The molecule has 1 N–H and O–H groups in total. The zero-order valence-electron chi connectivity index (χ0n) is 16.0. The minimum absolute atomic E-state index is 0.215. The lowest BCUT2D eigenvalue weighted by Crippen LogP contribution is -2.34. The molecule has 0 bridgehead atoms.